The second-order valence-electron chi connectivity index (χ2n) is 8.42. The first-order chi connectivity index (χ1) is 15.5. The van der Waals surface area contributed by atoms with Crippen LogP contribution in [0.4, 0.5) is 5.69 Å². The number of nitrogens with one attached hydrogen (secondary N) is 2. The predicted molar refractivity (Wildman–Crippen MR) is 126 cm³/mol. The number of benzene rings is 2. The van der Waals surface area contributed by atoms with Crippen LogP contribution in [0.15, 0.2) is 65.9 Å². The van der Waals surface area contributed by atoms with Gasteiger partial charge in [-0.15, -0.1) is 0 Å². The van der Waals surface area contributed by atoms with Gasteiger partial charge in [0.05, 0.1) is 12.1 Å². The van der Waals surface area contributed by atoms with Crippen molar-refractivity contribution in [3.8, 4) is 0 Å². The van der Waals surface area contributed by atoms with Crippen molar-refractivity contribution in [3.63, 3.8) is 0 Å². The van der Waals surface area contributed by atoms with Gasteiger partial charge in [-0.2, -0.15) is 0 Å². The maximum absolute atomic E-state index is 12.8. The fraction of sp³-hybridized carbons (Fsp3) is 0.360. The van der Waals surface area contributed by atoms with Crippen molar-refractivity contribution in [2.45, 2.75) is 37.6 Å². The Morgan fingerprint density at radius 1 is 1.03 bits per heavy atom. The third-order valence-electron chi connectivity index (χ3n) is 6.29. The molecule has 4 rings (SSSR count). The number of halogens is 1. The Bertz CT molecular complexity index is 983. The molecule has 2 aliphatic rings. The smallest absolute Gasteiger partial charge is 0.289 e. The molecule has 168 valence electrons. The van der Waals surface area contributed by atoms with Gasteiger partial charge in [-0.25, -0.2) is 0 Å². The van der Waals surface area contributed by atoms with Gasteiger partial charge in [0, 0.05) is 29.8 Å². The summed E-state index contributed by atoms with van der Waals surface area (Å²) >= 11 is 5.88. The van der Waals surface area contributed by atoms with Crippen LogP contribution >= 0.6 is 11.6 Å². The highest BCUT2D eigenvalue weighted by atomic mass is 35.5. The largest absolute Gasteiger partial charge is 0.503 e. The van der Waals surface area contributed by atoms with Gasteiger partial charge >= 0.3 is 0 Å². The lowest BCUT2D eigenvalue weighted by Gasteiger charge is -2.29. The monoisotopic (exact) mass is 453 g/mol. The Morgan fingerprint density at radius 3 is 2.41 bits per heavy atom. The molecule has 0 atom stereocenters. The second kappa shape index (κ2) is 10.1. The molecule has 2 amide bonds. The summed E-state index contributed by atoms with van der Waals surface area (Å²) in [6.45, 7) is 1.00. The molecule has 0 radical (unpaired) electrons. The van der Waals surface area contributed by atoms with Gasteiger partial charge in [0.25, 0.3) is 11.8 Å². The quantitative estimate of drug-likeness (QED) is 0.585. The zero-order valence-corrected chi connectivity index (χ0v) is 18.6. The molecule has 0 unspecified atom stereocenters. The van der Waals surface area contributed by atoms with Crippen molar-refractivity contribution < 1.29 is 14.7 Å². The number of anilines is 1. The lowest BCUT2D eigenvalue weighted by atomic mass is 9.82. The lowest BCUT2D eigenvalue weighted by Crippen LogP contribution is -2.39. The van der Waals surface area contributed by atoms with Crippen LogP contribution in [0, 0.1) is 0 Å². The van der Waals surface area contributed by atoms with E-state index in [1.807, 2.05) is 18.2 Å². The summed E-state index contributed by atoms with van der Waals surface area (Å²) in [6.07, 6.45) is 3.81. The van der Waals surface area contributed by atoms with Crippen molar-refractivity contribution in [1.82, 2.24) is 10.2 Å². The van der Waals surface area contributed by atoms with E-state index < -0.39 is 11.7 Å². The van der Waals surface area contributed by atoms with E-state index >= 15 is 0 Å². The van der Waals surface area contributed by atoms with E-state index in [4.69, 9.17) is 11.6 Å². The van der Waals surface area contributed by atoms with Gasteiger partial charge in [-0.1, -0.05) is 41.9 Å². The molecule has 1 heterocycles. The van der Waals surface area contributed by atoms with Crippen LogP contribution in [0.3, 0.4) is 0 Å². The van der Waals surface area contributed by atoms with E-state index in [-0.39, 0.29) is 24.1 Å². The number of amides is 2. The number of aliphatic hydroxyl groups excluding tert-OH is 1. The molecule has 1 fully saturated rings. The molecule has 3 N–H and O–H groups in total. The van der Waals surface area contributed by atoms with Crippen molar-refractivity contribution in [1.29, 1.82) is 0 Å². The molecule has 2 aromatic rings. The fourth-order valence-electron chi connectivity index (χ4n) is 4.45. The third kappa shape index (κ3) is 5.25. The third-order valence-corrected chi connectivity index (χ3v) is 6.54. The molecule has 6 nitrogen and oxygen atoms in total. The number of aliphatic hydroxyl groups is 1. The van der Waals surface area contributed by atoms with Crippen molar-refractivity contribution >= 4 is 29.1 Å². The maximum atomic E-state index is 12.8. The molecule has 2 aromatic carbocycles. The molecule has 0 bridgehead atoms. The van der Waals surface area contributed by atoms with Gasteiger partial charge < -0.3 is 20.6 Å². The molecule has 0 aromatic heterocycles. The number of carbonyl (C=O) groups is 2. The van der Waals surface area contributed by atoms with E-state index in [9.17, 15) is 14.7 Å². The number of nitrogens with zero attached hydrogens (tertiary/aromatic N) is 1. The van der Waals surface area contributed by atoms with E-state index in [0.29, 0.717) is 24.0 Å². The van der Waals surface area contributed by atoms with Crippen LogP contribution in [0.1, 0.15) is 37.2 Å². The molecular formula is C25H28ClN3O3. The summed E-state index contributed by atoms with van der Waals surface area (Å²) < 4.78 is 0. The van der Waals surface area contributed by atoms with Crippen LogP contribution in [-0.4, -0.2) is 47.5 Å². The van der Waals surface area contributed by atoms with Crippen LogP contribution in [-0.2, 0) is 9.59 Å². The lowest BCUT2D eigenvalue weighted by molar-refractivity contribution is -0.127. The van der Waals surface area contributed by atoms with Crippen molar-refractivity contribution in [2.75, 3.05) is 25.0 Å². The average molecular weight is 454 g/mol. The normalized spacial score (nSPS) is 21.0. The second-order valence-corrected chi connectivity index (χ2v) is 8.86. The summed E-state index contributed by atoms with van der Waals surface area (Å²) in [5.41, 5.74) is 2.40. The number of hydrogen-bond donors (Lipinski definition) is 3. The first kappa shape index (κ1) is 22.2. The van der Waals surface area contributed by atoms with E-state index in [1.165, 1.54) is 10.5 Å². The van der Waals surface area contributed by atoms with E-state index in [0.717, 1.165) is 31.4 Å². The minimum atomic E-state index is -0.499. The first-order valence-corrected chi connectivity index (χ1v) is 11.5. The zero-order valence-electron chi connectivity index (χ0n) is 17.9. The van der Waals surface area contributed by atoms with Gasteiger partial charge in [0.1, 0.15) is 0 Å². The van der Waals surface area contributed by atoms with Crippen LogP contribution in [0.2, 0.25) is 5.02 Å². The first-order valence-electron chi connectivity index (χ1n) is 11.1. The van der Waals surface area contributed by atoms with Crippen molar-refractivity contribution in [3.05, 3.63) is 76.5 Å². The summed E-state index contributed by atoms with van der Waals surface area (Å²) in [5.74, 6) is -0.756. The number of rotatable bonds is 7. The minimum absolute atomic E-state index is 0.0680. The summed E-state index contributed by atoms with van der Waals surface area (Å²) in [5, 5.41) is 17.2. The van der Waals surface area contributed by atoms with E-state index in [2.05, 4.69) is 34.9 Å². The summed E-state index contributed by atoms with van der Waals surface area (Å²) in [7, 11) is 0. The molecule has 32 heavy (non-hydrogen) atoms. The molecule has 7 heteroatoms. The predicted octanol–water partition coefficient (Wildman–Crippen LogP) is 4.25. The highest BCUT2D eigenvalue weighted by molar-refractivity contribution is 6.30. The highest BCUT2D eigenvalue weighted by Crippen LogP contribution is 2.33. The maximum Gasteiger partial charge on any atom is 0.289 e. The molecule has 1 aliphatic heterocycles. The molecular weight excluding hydrogens is 426 g/mol. The topological polar surface area (TPSA) is 81.7 Å². The van der Waals surface area contributed by atoms with Crippen LogP contribution in [0.5, 0.6) is 0 Å². The van der Waals surface area contributed by atoms with Crippen LogP contribution in [0.25, 0.3) is 0 Å². The van der Waals surface area contributed by atoms with Crippen molar-refractivity contribution in [2.24, 2.45) is 0 Å². The Labute approximate surface area is 193 Å². The Kier molecular flexibility index (Phi) is 7.00. The van der Waals surface area contributed by atoms with Crippen LogP contribution < -0.4 is 10.6 Å². The summed E-state index contributed by atoms with van der Waals surface area (Å²) in [6, 6.07) is 17.8. The minimum Gasteiger partial charge on any atom is -0.503 e. The highest BCUT2D eigenvalue weighted by Gasteiger charge is 2.34. The zero-order chi connectivity index (χ0) is 22.5. The molecule has 0 spiro atoms. The SMILES string of the molecule is O=C(N[C@H]1CC[C@@H](c2ccccc2)CC1)C1=C(O)C(=O)N(CCNc2ccc(Cl)cc2)C1. The number of carbonyl (C=O) groups excluding carboxylic acids is 2. The fourth-order valence-corrected chi connectivity index (χ4v) is 4.57. The molecule has 1 saturated carbocycles. The molecule has 1 aliphatic carbocycles. The Hall–Kier alpha value is -2.99. The van der Waals surface area contributed by atoms with Gasteiger partial charge in [-0.05, 0) is 61.4 Å². The van der Waals surface area contributed by atoms with Gasteiger partial charge in [0.2, 0.25) is 0 Å². The number of hydrogen-bond acceptors (Lipinski definition) is 4. The standard InChI is InChI=1S/C25H28ClN3O3/c26-19-8-12-20(13-9-19)27-14-15-29-16-22(23(30)25(29)32)24(31)28-21-10-6-18(7-11-21)17-4-2-1-3-5-17/h1-5,8-9,12-13,18,21,27,30H,6-7,10-11,14-16H2,(H,28,31)/t18-,21+. The van der Waals surface area contributed by atoms with E-state index in [1.54, 1.807) is 12.1 Å². The van der Waals surface area contributed by atoms with Gasteiger partial charge in [-0.3, -0.25) is 9.59 Å². The average Bonchev–Trinajstić information content (AvgIpc) is 3.10. The summed E-state index contributed by atoms with van der Waals surface area (Å²) in [4.78, 5) is 26.6. The molecule has 0 saturated heterocycles. The van der Waals surface area contributed by atoms with Gasteiger partial charge in [0.15, 0.2) is 5.76 Å². The Balaban J connectivity index is 1.25. The Morgan fingerprint density at radius 2 is 1.72 bits per heavy atom.